The molecule has 146 valence electrons. The van der Waals surface area contributed by atoms with Gasteiger partial charge in [0.1, 0.15) is 0 Å². The third-order valence-corrected chi connectivity index (χ3v) is 6.14. The molecule has 0 radical (unpaired) electrons. The molecule has 5 nitrogen and oxygen atoms in total. The monoisotopic (exact) mass is 368 g/mol. The van der Waals surface area contributed by atoms with Gasteiger partial charge in [-0.2, -0.15) is 0 Å². The summed E-state index contributed by atoms with van der Waals surface area (Å²) in [5.41, 5.74) is 3.23. The summed E-state index contributed by atoms with van der Waals surface area (Å²) in [4.78, 5) is 23.5. The maximum atomic E-state index is 12.4. The van der Waals surface area contributed by atoms with E-state index in [-0.39, 0.29) is 5.43 Å². The van der Waals surface area contributed by atoms with Crippen LogP contribution < -0.4 is 5.43 Å². The lowest BCUT2D eigenvalue weighted by Gasteiger charge is -2.38. The summed E-state index contributed by atoms with van der Waals surface area (Å²) in [5, 5.41) is 0.793. The molecule has 0 amide bonds. The van der Waals surface area contributed by atoms with Gasteiger partial charge in [-0.25, -0.2) is 0 Å². The first kappa shape index (κ1) is 18.7. The highest BCUT2D eigenvalue weighted by atomic mass is 16.1. The van der Waals surface area contributed by atoms with E-state index in [0.717, 1.165) is 60.8 Å². The number of aryl methyl sites for hydroxylation is 1. The first-order chi connectivity index (χ1) is 13.1. The molecular formula is C22H32N4O. The molecule has 2 aliphatic rings. The molecule has 0 bridgehead atoms. The molecule has 2 aliphatic heterocycles. The van der Waals surface area contributed by atoms with Crippen molar-refractivity contribution in [2.24, 2.45) is 5.92 Å². The molecule has 4 rings (SSSR count). The maximum absolute atomic E-state index is 12.4. The van der Waals surface area contributed by atoms with Crippen molar-refractivity contribution in [1.82, 2.24) is 19.7 Å². The van der Waals surface area contributed by atoms with Crippen LogP contribution in [0.1, 0.15) is 24.1 Å². The molecule has 1 aromatic carbocycles. The predicted molar refractivity (Wildman–Crippen MR) is 111 cm³/mol. The highest BCUT2D eigenvalue weighted by Crippen LogP contribution is 2.18. The molecule has 0 spiro atoms. The Morgan fingerprint density at radius 3 is 2.63 bits per heavy atom. The van der Waals surface area contributed by atoms with E-state index in [0.29, 0.717) is 0 Å². The van der Waals surface area contributed by atoms with Crippen LogP contribution in [0.15, 0.2) is 29.1 Å². The van der Waals surface area contributed by atoms with Crippen LogP contribution in [0.4, 0.5) is 0 Å². The van der Waals surface area contributed by atoms with Gasteiger partial charge in [-0.3, -0.25) is 9.69 Å². The lowest BCUT2D eigenvalue weighted by molar-refractivity contribution is 0.0924. The van der Waals surface area contributed by atoms with Gasteiger partial charge in [-0.05, 0) is 51.4 Å². The molecule has 3 heterocycles. The number of aromatic amines is 1. The molecule has 1 unspecified atom stereocenters. The van der Waals surface area contributed by atoms with Crippen molar-refractivity contribution < 1.29 is 0 Å². The SMILES string of the molecule is Cc1ccc2[nH]c(CN3CCN(CC4CCCN(C)C4)CC3)cc(=O)c2c1. The predicted octanol–water partition coefficient (Wildman–Crippen LogP) is 2.30. The number of piperazine rings is 1. The zero-order valence-electron chi connectivity index (χ0n) is 16.7. The minimum Gasteiger partial charge on any atom is -0.357 e. The van der Waals surface area contributed by atoms with E-state index in [9.17, 15) is 4.79 Å². The third kappa shape index (κ3) is 4.60. The second-order valence-electron chi connectivity index (χ2n) is 8.56. The molecule has 0 saturated carbocycles. The average molecular weight is 369 g/mol. The van der Waals surface area contributed by atoms with Crippen molar-refractivity contribution in [2.75, 3.05) is 52.9 Å². The Labute approximate surface area is 162 Å². The summed E-state index contributed by atoms with van der Waals surface area (Å²) in [7, 11) is 2.25. The molecule has 2 aromatic rings. The number of fused-ring (bicyclic) bond motifs is 1. The number of benzene rings is 1. The summed E-state index contributed by atoms with van der Waals surface area (Å²) in [5.74, 6) is 0.829. The van der Waals surface area contributed by atoms with E-state index in [1.807, 2.05) is 19.1 Å². The average Bonchev–Trinajstić information content (AvgIpc) is 2.64. The highest BCUT2D eigenvalue weighted by molar-refractivity contribution is 5.79. The zero-order valence-corrected chi connectivity index (χ0v) is 16.7. The Kier molecular flexibility index (Phi) is 5.62. The van der Waals surface area contributed by atoms with Crippen LogP contribution in [0.3, 0.4) is 0 Å². The number of H-pyrrole nitrogens is 1. The maximum Gasteiger partial charge on any atom is 0.189 e. The summed E-state index contributed by atoms with van der Waals surface area (Å²) in [6.45, 7) is 11.0. The first-order valence-electron chi connectivity index (χ1n) is 10.3. The van der Waals surface area contributed by atoms with Crippen LogP contribution in [-0.4, -0.2) is 72.5 Å². The molecule has 27 heavy (non-hydrogen) atoms. The number of nitrogens with one attached hydrogen (secondary N) is 1. The Bertz CT molecular complexity index is 838. The number of hydrogen-bond donors (Lipinski definition) is 1. The van der Waals surface area contributed by atoms with Gasteiger partial charge in [0.15, 0.2) is 5.43 Å². The second kappa shape index (κ2) is 8.13. The summed E-state index contributed by atoms with van der Waals surface area (Å²) in [6.07, 6.45) is 2.72. The molecule has 1 atom stereocenters. The van der Waals surface area contributed by atoms with Crippen LogP contribution >= 0.6 is 0 Å². The quantitative estimate of drug-likeness (QED) is 0.899. The van der Waals surface area contributed by atoms with Gasteiger partial charge < -0.3 is 14.8 Å². The lowest BCUT2D eigenvalue weighted by Crippen LogP contribution is -2.49. The van der Waals surface area contributed by atoms with Crippen molar-refractivity contribution in [3.05, 3.63) is 45.7 Å². The Morgan fingerprint density at radius 2 is 1.85 bits per heavy atom. The van der Waals surface area contributed by atoms with Gasteiger partial charge in [-0.15, -0.1) is 0 Å². The summed E-state index contributed by atoms with van der Waals surface area (Å²) in [6, 6.07) is 7.84. The van der Waals surface area contributed by atoms with E-state index < -0.39 is 0 Å². The minimum absolute atomic E-state index is 0.127. The van der Waals surface area contributed by atoms with Gasteiger partial charge in [0.05, 0.1) is 0 Å². The van der Waals surface area contributed by atoms with Gasteiger partial charge in [0.2, 0.25) is 0 Å². The third-order valence-electron chi connectivity index (χ3n) is 6.14. The van der Waals surface area contributed by atoms with Crippen molar-refractivity contribution in [1.29, 1.82) is 0 Å². The number of pyridine rings is 1. The Hall–Kier alpha value is -1.69. The van der Waals surface area contributed by atoms with Crippen LogP contribution in [-0.2, 0) is 6.54 Å². The molecule has 0 aliphatic carbocycles. The van der Waals surface area contributed by atoms with E-state index in [1.54, 1.807) is 6.07 Å². The molecule has 2 saturated heterocycles. The van der Waals surface area contributed by atoms with E-state index in [1.165, 1.54) is 32.5 Å². The zero-order chi connectivity index (χ0) is 18.8. The summed E-state index contributed by atoms with van der Waals surface area (Å²) >= 11 is 0. The molecular weight excluding hydrogens is 336 g/mol. The topological polar surface area (TPSA) is 42.6 Å². The second-order valence-corrected chi connectivity index (χ2v) is 8.56. The fraction of sp³-hybridized carbons (Fsp3) is 0.591. The molecule has 1 N–H and O–H groups in total. The van der Waals surface area contributed by atoms with Gasteiger partial charge in [0, 0.05) is 68.5 Å². The smallest absolute Gasteiger partial charge is 0.189 e. The Morgan fingerprint density at radius 1 is 1.07 bits per heavy atom. The fourth-order valence-corrected chi connectivity index (χ4v) is 4.66. The normalized spacial score (nSPS) is 23.1. The van der Waals surface area contributed by atoms with Crippen LogP contribution in [0.2, 0.25) is 0 Å². The van der Waals surface area contributed by atoms with Crippen molar-refractivity contribution in [3.63, 3.8) is 0 Å². The van der Waals surface area contributed by atoms with Crippen molar-refractivity contribution >= 4 is 10.9 Å². The van der Waals surface area contributed by atoms with Crippen molar-refractivity contribution in [2.45, 2.75) is 26.3 Å². The Balaban J connectivity index is 1.33. The van der Waals surface area contributed by atoms with Gasteiger partial charge in [-0.1, -0.05) is 11.6 Å². The van der Waals surface area contributed by atoms with Crippen LogP contribution in [0, 0.1) is 12.8 Å². The molecule has 5 heteroatoms. The lowest BCUT2D eigenvalue weighted by atomic mass is 9.97. The standard InChI is InChI=1S/C22H32N4O/c1-17-5-6-21-20(12-17)22(27)13-19(23-21)16-26-10-8-25(9-11-26)15-18-4-3-7-24(2)14-18/h5-6,12-13,18H,3-4,7-11,14-16H2,1-2H3,(H,23,27). The number of aromatic nitrogens is 1. The first-order valence-corrected chi connectivity index (χ1v) is 10.3. The number of piperidine rings is 1. The number of rotatable bonds is 4. The van der Waals surface area contributed by atoms with E-state index >= 15 is 0 Å². The van der Waals surface area contributed by atoms with E-state index in [2.05, 4.69) is 32.8 Å². The number of nitrogens with zero attached hydrogens (tertiary/aromatic N) is 3. The van der Waals surface area contributed by atoms with Crippen LogP contribution in [0.25, 0.3) is 10.9 Å². The highest BCUT2D eigenvalue weighted by Gasteiger charge is 2.23. The van der Waals surface area contributed by atoms with Crippen LogP contribution in [0.5, 0.6) is 0 Å². The fourth-order valence-electron chi connectivity index (χ4n) is 4.66. The number of hydrogen-bond acceptors (Lipinski definition) is 4. The number of likely N-dealkylation sites (tertiary alicyclic amines) is 1. The van der Waals surface area contributed by atoms with Gasteiger partial charge in [0.25, 0.3) is 0 Å². The molecule has 2 fully saturated rings. The van der Waals surface area contributed by atoms with E-state index in [4.69, 9.17) is 0 Å². The summed E-state index contributed by atoms with van der Waals surface area (Å²) < 4.78 is 0. The minimum atomic E-state index is 0.127. The molecule has 1 aromatic heterocycles. The largest absolute Gasteiger partial charge is 0.357 e. The van der Waals surface area contributed by atoms with Crippen molar-refractivity contribution in [3.8, 4) is 0 Å². The van der Waals surface area contributed by atoms with Gasteiger partial charge >= 0.3 is 0 Å².